The number of halogens is 2. The second-order valence-corrected chi connectivity index (χ2v) is 6.90. The van der Waals surface area contributed by atoms with Crippen molar-refractivity contribution in [3.63, 3.8) is 0 Å². The monoisotopic (exact) mass is 328 g/mol. The molecule has 0 aromatic carbocycles. The predicted octanol–water partition coefficient (Wildman–Crippen LogP) is 4.82. The van der Waals surface area contributed by atoms with Crippen molar-refractivity contribution in [2.45, 2.75) is 52.0 Å². The maximum absolute atomic E-state index is 12.8. The minimum atomic E-state index is 0.0220. The summed E-state index contributed by atoms with van der Waals surface area (Å²) in [6, 6.07) is 3.56. The van der Waals surface area contributed by atoms with Gasteiger partial charge in [0, 0.05) is 18.2 Å². The molecule has 116 valence electrons. The average molecular weight is 329 g/mol. The number of carbonyl (C=O) groups excluding carboxylic acids is 1. The van der Waals surface area contributed by atoms with Gasteiger partial charge >= 0.3 is 0 Å². The third kappa shape index (κ3) is 4.58. The third-order valence-corrected chi connectivity index (χ3v) is 4.37. The van der Waals surface area contributed by atoms with Crippen LogP contribution in [0.4, 0.5) is 0 Å². The van der Waals surface area contributed by atoms with Crippen LogP contribution >= 0.6 is 23.2 Å². The number of hydrogen-bond acceptors (Lipinski definition) is 2. The second kappa shape index (κ2) is 7.46. The van der Waals surface area contributed by atoms with Gasteiger partial charge in [-0.2, -0.15) is 0 Å². The van der Waals surface area contributed by atoms with Crippen molar-refractivity contribution < 1.29 is 4.79 Å². The lowest BCUT2D eigenvalue weighted by Crippen LogP contribution is -2.40. The average Bonchev–Trinajstić information content (AvgIpc) is 2.91. The zero-order valence-corrected chi connectivity index (χ0v) is 14.1. The van der Waals surface area contributed by atoms with E-state index in [4.69, 9.17) is 23.2 Å². The molecule has 1 heterocycles. The molecule has 1 aromatic rings. The van der Waals surface area contributed by atoms with Crippen LogP contribution in [0, 0.1) is 5.92 Å². The van der Waals surface area contributed by atoms with E-state index in [1.165, 1.54) is 12.8 Å². The van der Waals surface area contributed by atoms with E-state index in [1.54, 1.807) is 12.1 Å². The molecule has 3 nitrogen and oxygen atoms in total. The van der Waals surface area contributed by atoms with Crippen LogP contribution in [-0.4, -0.2) is 28.4 Å². The van der Waals surface area contributed by atoms with Gasteiger partial charge in [-0.1, -0.05) is 49.9 Å². The lowest BCUT2D eigenvalue weighted by Gasteiger charge is -2.30. The first kappa shape index (κ1) is 16.6. The largest absolute Gasteiger partial charge is 0.336 e. The molecule has 2 rings (SSSR count). The van der Waals surface area contributed by atoms with Gasteiger partial charge < -0.3 is 4.90 Å². The summed E-state index contributed by atoms with van der Waals surface area (Å²) in [5, 5.41) is 0.530. The van der Waals surface area contributed by atoms with E-state index in [0.29, 0.717) is 17.5 Å². The first-order chi connectivity index (χ1) is 9.97. The Hall–Kier alpha value is -0.800. The zero-order valence-electron chi connectivity index (χ0n) is 12.6. The Kier molecular flexibility index (Phi) is 5.88. The highest BCUT2D eigenvalue weighted by atomic mass is 35.5. The Labute approximate surface area is 136 Å². The lowest BCUT2D eigenvalue weighted by molar-refractivity contribution is 0.0672. The van der Waals surface area contributed by atoms with Crippen LogP contribution in [0.1, 0.15) is 56.3 Å². The summed E-state index contributed by atoms with van der Waals surface area (Å²) in [5.74, 6) is 0.597. The van der Waals surface area contributed by atoms with E-state index in [0.717, 1.165) is 25.8 Å². The van der Waals surface area contributed by atoms with Crippen molar-refractivity contribution in [3.05, 3.63) is 28.0 Å². The minimum Gasteiger partial charge on any atom is -0.336 e. The molecular formula is C16H22Cl2N2O. The molecule has 0 aliphatic heterocycles. The number of pyridine rings is 1. The van der Waals surface area contributed by atoms with Crippen LogP contribution in [-0.2, 0) is 0 Å². The van der Waals surface area contributed by atoms with Gasteiger partial charge in [0.05, 0.1) is 0 Å². The van der Waals surface area contributed by atoms with Gasteiger partial charge in [0.25, 0.3) is 5.91 Å². The normalized spacial score (nSPS) is 15.7. The fourth-order valence-corrected chi connectivity index (χ4v) is 3.28. The Morgan fingerprint density at radius 3 is 2.38 bits per heavy atom. The molecule has 0 unspecified atom stereocenters. The summed E-state index contributed by atoms with van der Waals surface area (Å²) in [6.07, 6.45) is 5.60. The summed E-state index contributed by atoms with van der Waals surface area (Å²) in [4.78, 5) is 18.7. The smallest absolute Gasteiger partial charge is 0.254 e. The van der Waals surface area contributed by atoms with Gasteiger partial charge in [-0.15, -0.1) is 0 Å². The molecule has 1 aliphatic rings. The Morgan fingerprint density at radius 2 is 1.86 bits per heavy atom. The number of nitrogens with zero attached hydrogens (tertiary/aromatic N) is 2. The summed E-state index contributed by atoms with van der Waals surface area (Å²) in [5.41, 5.74) is 0.538. The van der Waals surface area contributed by atoms with Crippen LogP contribution in [0.3, 0.4) is 0 Å². The standard InChI is InChI=1S/C16H22Cl2N2O/c1-11(2)7-8-20(13-5-3-4-6-13)16(21)12-9-14(17)19-15(18)10-12/h9-11,13H,3-8H2,1-2H3. The summed E-state index contributed by atoms with van der Waals surface area (Å²) in [6.45, 7) is 5.15. The van der Waals surface area contributed by atoms with Crippen LogP contribution in [0.2, 0.25) is 10.3 Å². The summed E-state index contributed by atoms with van der Waals surface area (Å²) in [7, 11) is 0. The van der Waals surface area contributed by atoms with Crippen LogP contribution in [0.25, 0.3) is 0 Å². The van der Waals surface area contributed by atoms with E-state index < -0.39 is 0 Å². The van der Waals surface area contributed by atoms with Gasteiger partial charge in [-0.3, -0.25) is 4.79 Å². The van der Waals surface area contributed by atoms with Crippen molar-refractivity contribution in [3.8, 4) is 0 Å². The second-order valence-electron chi connectivity index (χ2n) is 6.12. The minimum absolute atomic E-state index is 0.0220. The molecule has 1 aromatic heterocycles. The van der Waals surface area contributed by atoms with E-state index in [-0.39, 0.29) is 16.2 Å². The number of carbonyl (C=O) groups is 1. The molecule has 0 bridgehead atoms. The molecule has 0 N–H and O–H groups in total. The van der Waals surface area contributed by atoms with Crippen molar-refractivity contribution in [1.82, 2.24) is 9.88 Å². The van der Waals surface area contributed by atoms with Crippen LogP contribution < -0.4 is 0 Å². The fraction of sp³-hybridized carbons (Fsp3) is 0.625. The highest BCUT2D eigenvalue weighted by Crippen LogP contribution is 2.26. The maximum Gasteiger partial charge on any atom is 0.254 e. The first-order valence-corrected chi connectivity index (χ1v) is 8.37. The number of amides is 1. The van der Waals surface area contributed by atoms with E-state index >= 15 is 0 Å². The maximum atomic E-state index is 12.8. The first-order valence-electron chi connectivity index (χ1n) is 7.61. The van der Waals surface area contributed by atoms with Crippen molar-refractivity contribution in [1.29, 1.82) is 0 Å². The summed E-state index contributed by atoms with van der Waals surface area (Å²) < 4.78 is 0. The van der Waals surface area contributed by atoms with Gasteiger partial charge in [-0.25, -0.2) is 4.98 Å². The van der Waals surface area contributed by atoms with E-state index in [9.17, 15) is 4.79 Å². The van der Waals surface area contributed by atoms with Crippen LogP contribution in [0.5, 0.6) is 0 Å². The van der Waals surface area contributed by atoms with Crippen molar-refractivity contribution >= 4 is 29.1 Å². The lowest BCUT2D eigenvalue weighted by atomic mass is 10.1. The molecule has 1 saturated carbocycles. The quantitative estimate of drug-likeness (QED) is 0.726. The molecule has 1 fully saturated rings. The van der Waals surface area contributed by atoms with Gasteiger partial charge in [0.2, 0.25) is 0 Å². The zero-order chi connectivity index (χ0) is 15.4. The molecule has 1 amide bonds. The van der Waals surface area contributed by atoms with Crippen molar-refractivity contribution in [2.24, 2.45) is 5.92 Å². The Bertz CT molecular complexity index is 479. The molecular weight excluding hydrogens is 307 g/mol. The Morgan fingerprint density at radius 1 is 1.29 bits per heavy atom. The molecule has 0 atom stereocenters. The topological polar surface area (TPSA) is 33.2 Å². The highest BCUT2D eigenvalue weighted by molar-refractivity contribution is 6.33. The number of rotatable bonds is 5. The van der Waals surface area contributed by atoms with E-state index in [1.807, 2.05) is 4.90 Å². The SMILES string of the molecule is CC(C)CCN(C(=O)c1cc(Cl)nc(Cl)c1)C1CCCC1. The molecule has 5 heteroatoms. The van der Waals surface area contributed by atoms with Crippen molar-refractivity contribution in [2.75, 3.05) is 6.54 Å². The molecule has 0 spiro atoms. The fourth-order valence-electron chi connectivity index (χ4n) is 2.82. The van der Waals surface area contributed by atoms with Gasteiger partial charge in [0.15, 0.2) is 0 Å². The van der Waals surface area contributed by atoms with E-state index in [2.05, 4.69) is 18.8 Å². The summed E-state index contributed by atoms with van der Waals surface area (Å²) >= 11 is 11.8. The molecule has 1 aliphatic carbocycles. The predicted molar refractivity (Wildman–Crippen MR) is 87.0 cm³/mol. The van der Waals surface area contributed by atoms with Gasteiger partial charge in [0.1, 0.15) is 10.3 Å². The molecule has 21 heavy (non-hydrogen) atoms. The number of hydrogen-bond donors (Lipinski definition) is 0. The van der Waals surface area contributed by atoms with Crippen LogP contribution in [0.15, 0.2) is 12.1 Å². The van der Waals surface area contributed by atoms with Gasteiger partial charge in [-0.05, 0) is 37.3 Å². The third-order valence-electron chi connectivity index (χ3n) is 3.98. The highest BCUT2D eigenvalue weighted by Gasteiger charge is 2.27. The molecule has 0 radical (unpaired) electrons. The number of aromatic nitrogens is 1. The Balaban J connectivity index is 2.19. The molecule has 0 saturated heterocycles.